The first-order valence-corrected chi connectivity index (χ1v) is 30.6. The highest BCUT2D eigenvalue weighted by molar-refractivity contribution is 5.76. The van der Waals surface area contributed by atoms with E-state index in [1.54, 1.807) is 6.08 Å². The highest BCUT2D eigenvalue weighted by atomic mass is 16.5. The van der Waals surface area contributed by atoms with Gasteiger partial charge in [-0.25, -0.2) is 0 Å². The van der Waals surface area contributed by atoms with E-state index in [2.05, 4.69) is 31.3 Å². The summed E-state index contributed by atoms with van der Waals surface area (Å²) >= 11 is 0. The second-order valence-electron chi connectivity index (χ2n) is 21.0. The van der Waals surface area contributed by atoms with Gasteiger partial charge in [-0.1, -0.05) is 289 Å². The molecule has 0 saturated carbocycles. The Morgan fingerprint density at radius 2 is 0.691 bits per heavy atom. The first-order chi connectivity index (χ1) is 33.5. The normalized spacial score (nSPS) is 12.7. The van der Waals surface area contributed by atoms with Crippen LogP contribution in [0, 0.1) is 0 Å². The number of rotatable bonds is 57. The van der Waals surface area contributed by atoms with E-state index in [1.165, 1.54) is 225 Å². The molecule has 402 valence electrons. The van der Waals surface area contributed by atoms with Gasteiger partial charge in [0.25, 0.3) is 0 Å². The second kappa shape index (κ2) is 57.9. The summed E-state index contributed by atoms with van der Waals surface area (Å²) in [7, 11) is 0. The molecule has 6 heteroatoms. The maximum absolute atomic E-state index is 12.5. The van der Waals surface area contributed by atoms with Gasteiger partial charge >= 0.3 is 5.97 Å². The lowest BCUT2D eigenvalue weighted by Gasteiger charge is -2.20. The molecule has 0 rings (SSSR count). The molecule has 0 aromatic carbocycles. The molecule has 0 radical (unpaired) electrons. The van der Waals surface area contributed by atoms with Crippen LogP contribution in [0.15, 0.2) is 24.3 Å². The van der Waals surface area contributed by atoms with Crippen LogP contribution in [-0.2, 0) is 14.3 Å². The third kappa shape index (κ3) is 53.7. The van der Waals surface area contributed by atoms with Crippen molar-refractivity contribution in [3.05, 3.63) is 24.3 Å². The fraction of sp³-hybridized carbons (Fsp3) is 0.903. The van der Waals surface area contributed by atoms with E-state index in [0.717, 1.165) is 83.5 Å². The van der Waals surface area contributed by atoms with Crippen LogP contribution in [0.1, 0.15) is 335 Å². The largest absolute Gasteiger partial charge is 0.466 e. The van der Waals surface area contributed by atoms with Crippen molar-refractivity contribution in [1.29, 1.82) is 0 Å². The zero-order chi connectivity index (χ0) is 49.3. The molecule has 0 aliphatic carbocycles. The van der Waals surface area contributed by atoms with Gasteiger partial charge in [0, 0.05) is 12.8 Å². The molecule has 0 heterocycles. The number of amides is 1. The fourth-order valence-electron chi connectivity index (χ4n) is 9.51. The van der Waals surface area contributed by atoms with Crippen molar-refractivity contribution in [2.45, 2.75) is 347 Å². The molecule has 2 atom stereocenters. The summed E-state index contributed by atoms with van der Waals surface area (Å²) < 4.78 is 5.46. The molecular weight excluding hydrogens is 839 g/mol. The third-order valence-electron chi connectivity index (χ3n) is 14.2. The molecule has 0 fully saturated rings. The Kier molecular flexibility index (Phi) is 56.5. The number of unbranched alkanes of at least 4 members (excludes halogenated alkanes) is 44. The van der Waals surface area contributed by atoms with E-state index in [9.17, 15) is 19.8 Å². The SMILES string of the molecule is CCCCCCCCCCCCCCCCCCCCCC/C=C/C(O)C(CO)NC(=O)CCCCCCC/C=C\CCCCOC(=O)CCCCCCCCCCCCCCCCCCCC. The van der Waals surface area contributed by atoms with Gasteiger partial charge in [-0.3, -0.25) is 9.59 Å². The number of aliphatic hydroxyl groups excluding tert-OH is 2. The number of allylic oxidation sites excluding steroid dienone is 3. The van der Waals surface area contributed by atoms with Crippen LogP contribution in [-0.4, -0.2) is 47.4 Å². The molecule has 68 heavy (non-hydrogen) atoms. The summed E-state index contributed by atoms with van der Waals surface area (Å²) in [6, 6.07) is -0.649. The summed E-state index contributed by atoms with van der Waals surface area (Å²) in [5.74, 6) is -0.121. The average molecular weight is 959 g/mol. The minimum absolute atomic E-state index is 0.0279. The lowest BCUT2D eigenvalue weighted by Crippen LogP contribution is -2.45. The van der Waals surface area contributed by atoms with Crippen molar-refractivity contribution in [3.63, 3.8) is 0 Å². The number of hydrogen-bond acceptors (Lipinski definition) is 5. The number of hydrogen-bond donors (Lipinski definition) is 3. The third-order valence-corrected chi connectivity index (χ3v) is 14.2. The minimum atomic E-state index is -0.863. The zero-order valence-electron chi connectivity index (χ0n) is 45.9. The minimum Gasteiger partial charge on any atom is -0.466 e. The molecule has 0 bridgehead atoms. The van der Waals surface area contributed by atoms with Crippen molar-refractivity contribution >= 4 is 11.9 Å². The van der Waals surface area contributed by atoms with Crippen molar-refractivity contribution in [1.82, 2.24) is 5.32 Å². The Labute approximate surface area is 424 Å². The van der Waals surface area contributed by atoms with E-state index in [-0.39, 0.29) is 18.5 Å². The first-order valence-electron chi connectivity index (χ1n) is 30.6. The highest BCUT2D eigenvalue weighted by Gasteiger charge is 2.18. The molecule has 0 aliphatic heterocycles. The molecule has 0 spiro atoms. The standard InChI is InChI=1S/C62H119NO5/c1-3-5-7-9-11-13-15-17-19-21-23-24-25-26-27-29-31-34-38-42-46-50-54-60(65)59(58-64)63-61(66)55-51-47-43-39-35-33-37-41-45-49-53-57-68-62(67)56-52-48-44-40-36-32-30-28-22-20-18-16-14-12-10-8-6-4-2/h37,41,50,54,59-60,64-65H,3-36,38-40,42-49,51-53,55-58H2,1-2H3,(H,63,66)/b41-37-,54-50+. The van der Waals surface area contributed by atoms with E-state index in [1.807, 2.05) is 6.08 Å². The van der Waals surface area contributed by atoms with Gasteiger partial charge in [-0.05, 0) is 57.8 Å². The van der Waals surface area contributed by atoms with Gasteiger partial charge in [0.05, 0.1) is 25.4 Å². The fourth-order valence-corrected chi connectivity index (χ4v) is 9.51. The summed E-state index contributed by atoms with van der Waals surface area (Å²) in [5.41, 5.74) is 0. The summed E-state index contributed by atoms with van der Waals surface area (Å²) in [4.78, 5) is 24.6. The molecule has 0 aromatic heterocycles. The maximum Gasteiger partial charge on any atom is 0.305 e. The molecule has 0 aromatic rings. The molecule has 6 nitrogen and oxygen atoms in total. The average Bonchev–Trinajstić information content (AvgIpc) is 3.34. The van der Waals surface area contributed by atoms with E-state index in [4.69, 9.17) is 4.74 Å². The highest BCUT2D eigenvalue weighted by Crippen LogP contribution is 2.18. The van der Waals surface area contributed by atoms with E-state index < -0.39 is 12.1 Å². The molecule has 0 aliphatic rings. The number of ether oxygens (including phenoxy) is 1. The van der Waals surface area contributed by atoms with Crippen LogP contribution < -0.4 is 5.32 Å². The summed E-state index contributed by atoms with van der Waals surface area (Å²) in [6.07, 6.45) is 70.7. The van der Waals surface area contributed by atoms with Gasteiger partial charge in [0.1, 0.15) is 0 Å². The van der Waals surface area contributed by atoms with Crippen LogP contribution in [0.4, 0.5) is 0 Å². The Morgan fingerprint density at radius 3 is 1.04 bits per heavy atom. The van der Waals surface area contributed by atoms with Gasteiger partial charge in [-0.2, -0.15) is 0 Å². The topological polar surface area (TPSA) is 95.9 Å². The van der Waals surface area contributed by atoms with Crippen molar-refractivity contribution < 1.29 is 24.5 Å². The molecule has 3 N–H and O–H groups in total. The number of carbonyl (C=O) groups is 2. The van der Waals surface area contributed by atoms with Gasteiger partial charge in [0.15, 0.2) is 0 Å². The van der Waals surface area contributed by atoms with Crippen LogP contribution in [0.25, 0.3) is 0 Å². The molecule has 1 amide bonds. The van der Waals surface area contributed by atoms with Gasteiger partial charge in [-0.15, -0.1) is 0 Å². The second-order valence-corrected chi connectivity index (χ2v) is 21.0. The van der Waals surface area contributed by atoms with Crippen LogP contribution in [0.3, 0.4) is 0 Å². The smallest absolute Gasteiger partial charge is 0.305 e. The van der Waals surface area contributed by atoms with Crippen molar-refractivity contribution in [3.8, 4) is 0 Å². The zero-order valence-corrected chi connectivity index (χ0v) is 45.9. The predicted molar refractivity (Wildman–Crippen MR) is 296 cm³/mol. The Morgan fingerprint density at radius 1 is 0.397 bits per heavy atom. The quantitative estimate of drug-likeness (QED) is 0.0321. The van der Waals surface area contributed by atoms with Crippen LogP contribution in [0.5, 0.6) is 0 Å². The monoisotopic (exact) mass is 958 g/mol. The predicted octanol–water partition coefficient (Wildman–Crippen LogP) is 19.0. The van der Waals surface area contributed by atoms with Crippen molar-refractivity contribution in [2.75, 3.05) is 13.2 Å². The Bertz CT molecular complexity index is 1060. The van der Waals surface area contributed by atoms with E-state index in [0.29, 0.717) is 19.4 Å². The lowest BCUT2D eigenvalue weighted by molar-refractivity contribution is -0.143. The first kappa shape index (κ1) is 66.3. The number of esters is 1. The van der Waals surface area contributed by atoms with Crippen LogP contribution in [0.2, 0.25) is 0 Å². The number of nitrogens with one attached hydrogen (secondary N) is 1. The summed E-state index contributed by atoms with van der Waals surface area (Å²) in [6.45, 7) is 4.86. The van der Waals surface area contributed by atoms with E-state index >= 15 is 0 Å². The lowest BCUT2D eigenvalue weighted by atomic mass is 10.0. The Hall–Kier alpha value is -1.66. The van der Waals surface area contributed by atoms with Gasteiger partial charge < -0.3 is 20.3 Å². The maximum atomic E-state index is 12.5. The summed E-state index contributed by atoms with van der Waals surface area (Å²) in [5, 5.41) is 23.2. The number of carbonyl (C=O) groups excluding carboxylic acids is 2. The molecule has 2 unspecified atom stereocenters. The number of aliphatic hydroxyl groups is 2. The van der Waals surface area contributed by atoms with Crippen LogP contribution >= 0.6 is 0 Å². The molecule has 0 saturated heterocycles. The van der Waals surface area contributed by atoms with Crippen molar-refractivity contribution in [2.24, 2.45) is 0 Å². The van der Waals surface area contributed by atoms with Gasteiger partial charge in [0.2, 0.25) is 5.91 Å². The Balaban J connectivity index is 3.51. The molecular formula is C62H119NO5.